The number of anilines is 1. The number of hydrogen-bond acceptors (Lipinski definition) is 5. The number of rotatable bonds is 3. The van der Waals surface area contributed by atoms with Crippen LogP contribution in [-0.4, -0.2) is 47.3 Å². The zero-order valence-electron chi connectivity index (χ0n) is 12.3. The van der Waals surface area contributed by atoms with Gasteiger partial charge in [-0.25, -0.2) is 9.97 Å². The minimum absolute atomic E-state index is 0.216. The molecule has 3 heterocycles. The van der Waals surface area contributed by atoms with Crippen molar-refractivity contribution in [3.63, 3.8) is 0 Å². The van der Waals surface area contributed by atoms with Gasteiger partial charge in [-0.05, 0) is 26.2 Å². The second-order valence-corrected chi connectivity index (χ2v) is 5.86. The number of ether oxygens (including phenoxy) is 1. The normalized spacial score (nSPS) is 23.5. The lowest BCUT2D eigenvalue weighted by molar-refractivity contribution is -0.142. The van der Waals surface area contributed by atoms with Gasteiger partial charge in [0.1, 0.15) is 11.6 Å². The van der Waals surface area contributed by atoms with Gasteiger partial charge in [0, 0.05) is 31.7 Å². The fourth-order valence-corrected chi connectivity index (χ4v) is 3.07. The van der Waals surface area contributed by atoms with E-state index in [0.29, 0.717) is 18.8 Å². The molecular formula is C15H21N3O3. The molecule has 114 valence electrons. The van der Waals surface area contributed by atoms with Gasteiger partial charge >= 0.3 is 5.97 Å². The van der Waals surface area contributed by atoms with Crippen LogP contribution in [-0.2, 0) is 9.53 Å². The molecule has 2 saturated heterocycles. The number of aliphatic carboxylic acids is 1. The molecule has 1 aromatic rings. The fraction of sp³-hybridized carbons (Fsp3) is 0.667. The number of piperidine rings is 1. The molecule has 0 aromatic carbocycles. The van der Waals surface area contributed by atoms with Gasteiger partial charge in [0.15, 0.2) is 0 Å². The molecule has 1 aromatic heterocycles. The van der Waals surface area contributed by atoms with Crippen LogP contribution in [0.2, 0.25) is 0 Å². The first kappa shape index (κ1) is 14.3. The topological polar surface area (TPSA) is 75.5 Å². The van der Waals surface area contributed by atoms with E-state index in [1.165, 1.54) is 0 Å². The summed E-state index contributed by atoms with van der Waals surface area (Å²) in [4.78, 5) is 22.3. The Balaban J connectivity index is 1.74. The Labute approximate surface area is 124 Å². The summed E-state index contributed by atoms with van der Waals surface area (Å²) in [7, 11) is 0. The van der Waals surface area contributed by atoms with E-state index in [1.54, 1.807) is 0 Å². The molecule has 21 heavy (non-hydrogen) atoms. The van der Waals surface area contributed by atoms with Crippen molar-refractivity contribution < 1.29 is 14.6 Å². The summed E-state index contributed by atoms with van der Waals surface area (Å²) in [5, 5.41) is 9.07. The van der Waals surface area contributed by atoms with Crippen LogP contribution >= 0.6 is 0 Å². The van der Waals surface area contributed by atoms with Crippen molar-refractivity contribution >= 4 is 11.8 Å². The van der Waals surface area contributed by atoms with E-state index in [2.05, 4.69) is 14.9 Å². The first-order chi connectivity index (χ1) is 10.1. The second-order valence-electron chi connectivity index (χ2n) is 5.86. The van der Waals surface area contributed by atoms with E-state index in [0.717, 1.165) is 50.1 Å². The maximum Gasteiger partial charge on any atom is 0.306 e. The Morgan fingerprint density at radius 1 is 1.33 bits per heavy atom. The van der Waals surface area contributed by atoms with Crippen molar-refractivity contribution in [1.82, 2.24) is 9.97 Å². The molecule has 0 radical (unpaired) electrons. The highest BCUT2D eigenvalue weighted by molar-refractivity contribution is 5.70. The van der Waals surface area contributed by atoms with E-state index in [1.807, 2.05) is 13.0 Å². The summed E-state index contributed by atoms with van der Waals surface area (Å²) in [6.07, 6.45) is 2.37. The molecule has 6 heteroatoms. The monoisotopic (exact) mass is 291 g/mol. The van der Waals surface area contributed by atoms with Gasteiger partial charge in [0.2, 0.25) is 0 Å². The minimum atomic E-state index is -0.683. The molecule has 0 bridgehead atoms. The molecule has 0 unspecified atom stereocenters. The van der Waals surface area contributed by atoms with E-state index >= 15 is 0 Å². The molecule has 0 saturated carbocycles. The first-order valence-corrected chi connectivity index (χ1v) is 7.54. The van der Waals surface area contributed by atoms with E-state index in [9.17, 15) is 4.79 Å². The Morgan fingerprint density at radius 3 is 2.71 bits per heavy atom. The van der Waals surface area contributed by atoms with Crippen molar-refractivity contribution in [3.05, 3.63) is 17.6 Å². The molecule has 2 aliphatic rings. The predicted molar refractivity (Wildman–Crippen MR) is 77.5 cm³/mol. The van der Waals surface area contributed by atoms with Crippen molar-refractivity contribution in [2.45, 2.75) is 32.1 Å². The molecule has 2 aliphatic heterocycles. The third-order valence-corrected chi connectivity index (χ3v) is 4.36. The third kappa shape index (κ3) is 3.15. The molecule has 1 atom stereocenters. The van der Waals surface area contributed by atoms with E-state index < -0.39 is 5.97 Å². The summed E-state index contributed by atoms with van der Waals surface area (Å²) in [6.45, 7) is 4.93. The summed E-state index contributed by atoms with van der Waals surface area (Å²) in [6, 6.07) is 2.05. The Bertz CT molecular complexity index is 521. The maximum absolute atomic E-state index is 11.0. The lowest BCUT2D eigenvalue weighted by Crippen LogP contribution is -2.37. The fourth-order valence-electron chi connectivity index (χ4n) is 3.07. The standard InChI is InChI=1S/C15H21N3O3/c1-10-16-13(12-4-7-21-9-12)8-14(17-10)18-5-2-11(3-6-18)15(19)20/h8,11-12H,2-7,9H2,1H3,(H,19,20)/t12-/m1/s1. The highest BCUT2D eigenvalue weighted by atomic mass is 16.5. The predicted octanol–water partition coefficient (Wildman–Crippen LogP) is 1.59. The van der Waals surface area contributed by atoms with Gasteiger partial charge in [-0.3, -0.25) is 4.79 Å². The smallest absolute Gasteiger partial charge is 0.306 e. The number of hydrogen-bond donors (Lipinski definition) is 1. The summed E-state index contributed by atoms with van der Waals surface area (Å²) >= 11 is 0. The van der Waals surface area contributed by atoms with Crippen molar-refractivity contribution in [3.8, 4) is 0 Å². The molecule has 0 spiro atoms. The lowest BCUT2D eigenvalue weighted by atomic mass is 9.97. The van der Waals surface area contributed by atoms with Crippen LogP contribution in [0.4, 0.5) is 5.82 Å². The molecule has 1 N–H and O–H groups in total. The Hall–Kier alpha value is -1.69. The molecule has 0 amide bonds. The van der Waals surface area contributed by atoms with Gasteiger partial charge < -0.3 is 14.7 Å². The van der Waals surface area contributed by atoms with Gasteiger partial charge in [0.25, 0.3) is 0 Å². The maximum atomic E-state index is 11.0. The highest BCUT2D eigenvalue weighted by Gasteiger charge is 2.26. The van der Waals surface area contributed by atoms with Crippen LogP contribution in [0.25, 0.3) is 0 Å². The highest BCUT2D eigenvalue weighted by Crippen LogP contribution is 2.28. The Kier molecular flexibility index (Phi) is 4.05. The van der Waals surface area contributed by atoms with Gasteiger partial charge in [-0.2, -0.15) is 0 Å². The average molecular weight is 291 g/mol. The van der Waals surface area contributed by atoms with Crippen LogP contribution in [0.1, 0.15) is 36.7 Å². The zero-order valence-corrected chi connectivity index (χ0v) is 12.3. The number of carbonyl (C=O) groups is 1. The summed E-state index contributed by atoms with van der Waals surface area (Å²) in [5.41, 5.74) is 1.05. The van der Waals surface area contributed by atoms with E-state index in [-0.39, 0.29) is 5.92 Å². The molecule has 2 fully saturated rings. The van der Waals surface area contributed by atoms with E-state index in [4.69, 9.17) is 9.84 Å². The van der Waals surface area contributed by atoms with Gasteiger partial charge in [-0.1, -0.05) is 0 Å². The minimum Gasteiger partial charge on any atom is -0.481 e. The van der Waals surface area contributed by atoms with Crippen LogP contribution < -0.4 is 4.90 Å². The summed E-state index contributed by atoms with van der Waals surface area (Å²) in [5.74, 6) is 1.16. The third-order valence-electron chi connectivity index (χ3n) is 4.36. The largest absolute Gasteiger partial charge is 0.481 e. The quantitative estimate of drug-likeness (QED) is 0.911. The average Bonchev–Trinajstić information content (AvgIpc) is 3.01. The molecule has 6 nitrogen and oxygen atoms in total. The number of carboxylic acid groups (broad SMARTS) is 1. The van der Waals surface area contributed by atoms with Crippen LogP contribution in [0.5, 0.6) is 0 Å². The lowest BCUT2D eigenvalue weighted by Gasteiger charge is -2.31. The van der Waals surface area contributed by atoms with Crippen LogP contribution in [0.3, 0.4) is 0 Å². The van der Waals surface area contributed by atoms with Gasteiger partial charge in [-0.15, -0.1) is 0 Å². The van der Waals surface area contributed by atoms with Crippen LogP contribution in [0.15, 0.2) is 6.07 Å². The number of carboxylic acids is 1. The second kappa shape index (κ2) is 5.97. The molecule has 3 rings (SSSR count). The van der Waals surface area contributed by atoms with Crippen molar-refractivity contribution in [1.29, 1.82) is 0 Å². The van der Waals surface area contributed by atoms with Crippen LogP contribution in [0, 0.1) is 12.8 Å². The number of aryl methyl sites for hydroxylation is 1. The number of aromatic nitrogens is 2. The van der Waals surface area contributed by atoms with Crippen molar-refractivity contribution in [2.75, 3.05) is 31.2 Å². The molecule has 0 aliphatic carbocycles. The van der Waals surface area contributed by atoms with Crippen molar-refractivity contribution in [2.24, 2.45) is 5.92 Å². The number of nitrogens with zero attached hydrogens (tertiary/aromatic N) is 3. The van der Waals surface area contributed by atoms with Gasteiger partial charge in [0.05, 0.1) is 18.2 Å². The summed E-state index contributed by atoms with van der Waals surface area (Å²) < 4.78 is 5.44. The molecular weight excluding hydrogens is 270 g/mol. The zero-order chi connectivity index (χ0) is 14.8. The SMILES string of the molecule is Cc1nc([C@@H]2CCOC2)cc(N2CCC(C(=O)O)CC2)n1. The Morgan fingerprint density at radius 2 is 2.10 bits per heavy atom. The first-order valence-electron chi connectivity index (χ1n) is 7.54.